The van der Waals surface area contributed by atoms with Gasteiger partial charge in [-0.05, 0) is 32.3 Å². The maximum absolute atomic E-state index is 11.7. The molecule has 0 aliphatic heterocycles. The fourth-order valence-electron chi connectivity index (χ4n) is 1.40. The number of carbonyl (C=O) groups excluding carboxylic acids is 1. The van der Waals surface area contributed by atoms with E-state index in [1.54, 1.807) is 0 Å². The second-order valence-corrected chi connectivity index (χ2v) is 4.20. The summed E-state index contributed by atoms with van der Waals surface area (Å²) in [6.45, 7) is 9.94. The highest BCUT2D eigenvalue weighted by molar-refractivity contribution is 5.79. The Morgan fingerprint density at radius 2 is 1.93 bits per heavy atom. The van der Waals surface area contributed by atoms with Crippen molar-refractivity contribution in [3.8, 4) is 0 Å². The van der Waals surface area contributed by atoms with Gasteiger partial charge in [-0.3, -0.25) is 4.79 Å². The van der Waals surface area contributed by atoms with Crippen molar-refractivity contribution in [1.29, 1.82) is 0 Å². The van der Waals surface area contributed by atoms with Gasteiger partial charge in [0.15, 0.2) is 0 Å². The third-order valence-corrected chi connectivity index (χ3v) is 2.47. The summed E-state index contributed by atoms with van der Waals surface area (Å²) in [5, 5.41) is 4.23. The Bertz CT molecular complexity index is 350. The van der Waals surface area contributed by atoms with Gasteiger partial charge >= 0.3 is 0 Å². The Kier molecular flexibility index (Phi) is 3.09. The van der Waals surface area contributed by atoms with Crippen molar-refractivity contribution < 1.29 is 4.79 Å². The summed E-state index contributed by atoms with van der Waals surface area (Å²) in [5.74, 6) is 0.473. The van der Waals surface area contributed by atoms with E-state index < -0.39 is 0 Å². The average Bonchev–Trinajstić information content (AvgIpc) is 2.32. The maximum atomic E-state index is 11.7. The van der Waals surface area contributed by atoms with Gasteiger partial charge in [-0.1, -0.05) is 13.8 Å². The zero-order chi connectivity index (χ0) is 10.9. The minimum atomic E-state index is 0.0914. The van der Waals surface area contributed by atoms with Crippen LogP contribution in [-0.4, -0.2) is 15.7 Å². The molecule has 1 rings (SSSR count). The Morgan fingerprint density at radius 1 is 1.36 bits per heavy atom. The van der Waals surface area contributed by atoms with Crippen molar-refractivity contribution >= 4 is 5.91 Å². The van der Waals surface area contributed by atoms with Gasteiger partial charge in [-0.2, -0.15) is 5.10 Å². The molecule has 0 atom stereocenters. The van der Waals surface area contributed by atoms with Crippen LogP contribution in [0.3, 0.4) is 0 Å². The van der Waals surface area contributed by atoms with E-state index in [2.05, 4.69) is 5.10 Å². The molecule has 1 aromatic heterocycles. The summed E-state index contributed by atoms with van der Waals surface area (Å²) < 4.78 is 1.53. The van der Waals surface area contributed by atoms with Gasteiger partial charge in [0.25, 0.3) is 0 Å². The zero-order valence-corrected chi connectivity index (χ0v) is 9.59. The molecule has 0 aliphatic carbocycles. The van der Waals surface area contributed by atoms with E-state index in [0.717, 1.165) is 17.0 Å². The molecular weight excluding hydrogens is 176 g/mol. The number of nitrogens with zero attached hydrogens (tertiary/aromatic N) is 2. The van der Waals surface area contributed by atoms with Gasteiger partial charge in [0.2, 0.25) is 5.91 Å². The molecule has 78 valence electrons. The molecule has 3 nitrogen and oxygen atoms in total. The standard InChI is InChI=1S/C11H18N2O/c1-7(2)6-11(14)13-10(5)8(3)9(4)12-13/h7H,6H2,1-5H3. The summed E-state index contributed by atoms with van der Waals surface area (Å²) in [4.78, 5) is 11.7. The molecule has 0 N–H and O–H groups in total. The SMILES string of the molecule is Cc1nn(C(=O)CC(C)C)c(C)c1C. The Morgan fingerprint density at radius 3 is 2.29 bits per heavy atom. The number of hydrogen-bond donors (Lipinski definition) is 0. The highest BCUT2D eigenvalue weighted by Gasteiger charge is 2.14. The predicted octanol–water partition coefficient (Wildman–Crippen LogP) is 2.49. The van der Waals surface area contributed by atoms with E-state index in [1.165, 1.54) is 4.68 Å². The summed E-state index contributed by atoms with van der Waals surface area (Å²) in [6.07, 6.45) is 0.557. The molecule has 0 bridgehead atoms. The minimum absolute atomic E-state index is 0.0914. The van der Waals surface area contributed by atoms with Crippen LogP contribution in [-0.2, 0) is 0 Å². The normalized spacial score (nSPS) is 11.0. The summed E-state index contributed by atoms with van der Waals surface area (Å²) in [6, 6.07) is 0. The molecule has 1 heterocycles. The van der Waals surface area contributed by atoms with E-state index in [9.17, 15) is 4.79 Å². The second-order valence-electron chi connectivity index (χ2n) is 4.20. The van der Waals surface area contributed by atoms with E-state index in [-0.39, 0.29) is 5.91 Å². The highest BCUT2D eigenvalue weighted by atomic mass is 16.2. The van der Waals surface area contributed by atoms with Crippen LogP contribution in [0.25, 0.3) is 0 Å². The van der Waals surface area contributed by atoms with Gasteiger partial charge in [0.05, 0.1) is 5.69 Å². The first-order valence-electron chi connectivity index (χ1n) is 4.99. The zero-order valence-electron chi connectivity index (χ0n) is 9.59. The number of aryl methyl sites for hydroxylation is 1. The van der Waals surface area contributed by atoms with Gasteiger partial charge < -0.3 is 0 Å². The summed E-state index contributed by atoms with van der Waals surface area (Å²) >= 11 is 0. The molecule has 0 unspecified atom stereocenters. The first-order chi connectivity index (χ1) is 6.43. The molecule has 14 heavy (non-hydrogen) atoms. The van der Waals surface area contributed by atoms with E-state index in [4.69, 9.17) is 0 Å². The molecule has 0 saturated carbocycles. The highest BCUT2D eigenvalue weighted by Crippen LogP contribution is 2.12. The van der Waals surface area contributed by atoms with Gasteiger partial charge in [0.1, 0.15) is 0 Å². The largest absolute Gasteiger partial charge is 0.273 e. The van der Waals surface area contributed by atoms with E-state index in [1.807, 2.05) is 34.6 Å². The molecule has 0 aromatic carbocycles. The quantitative estimate of drug-likeness (QED) is 0.725. The van der Waals surface area contributed by atoms with Crippen molar-refractivity contribution in [2.75, 3.05) is 0 Å². The van der Waals surface area contributed by atoms with Crippen molar-refractivity contribution in [2.24, 2.45) is 5.92 Å². The Labute approximate surface area is 85.1 Å². The van der Waals surface area contributed by atoms with Crippen LogP contribution in [0, 0.1) is 26.7 Å². The third-order valence-electron chi connectivity index (χ3n) is 2.47. The number of hydrogen-bond acceptors (Lipinski definition) is 2. The number of rotatable bonds is 2. The van der Waals surface area contributed by atoms with Crippen LogP contribution in [0.2, 0.25) is 0 Å². The smallest absolute Gasteiger partial charge is 0.247 e. The Balaban J connectivity index is 2.96. The molecule has 1 aromatic rings. The van der Waals surface area contributed by atoms with E-state index in [0.29, 0.717) is 12.3 Å². The van der Waals surface area contributed by atoms with Crippen LogP contribution in [0.15, 0.2) is 0 Å². The molecule has 0 spiro atoms. The third kappa shape index (κ3) is 2.03. The van der Waals surface area contributed by atoms with E-state index >= 15 is 0 Å². The summed E-state index contributed by atoms with van der Waals surface area (Å²) in [5.41, 5.74) is 3.02. The molecular formula is C11H18N2O. The fraction of sp³-hybridized carbons (Fsp3) is 0.636. The van der Waals surface area contributed by atoms with Gasteiger partial charge in [0, 0.05) is 12.1 Å². The molecule has 0 saturated heterocycles. The van der Waals surface area contributed by atoms with Gasteiger partial charge in [-0.25, -0.2) is 4.68 Å². The monoisotopic (exact) mass is 194 g/mol. The molecule has 0 fully saturated rings. The van der Waals surface area contributed by atoms with Crippen LogP contribution in [0.1, 0.15) is 42.0 Å². The van der Waals surface area contributed by atoms with Crippen LogP contribution in [0.4, 0.5) is 0 Å². The van der Waals surface area contributed by atoms with Crippen molar-refractivity contribution in [3.63, 3.8) is 0 Å². The number of carbonyl (C=O) groups is 1. The molecule has 0 radical (unpaired) electrons. The minimum Gasteiger partial charge on any atom is -0.273 e. The van der Waals surface area contributed by atoms with Crippen molar-refractivity contribution in [2.45, 2.75) is 41.0 Å². The van der Waals surface area contributed by atoms with Gasteiger partial charge in [-0.15, -0.1) is 0 Å². The van der Waals surface area contributed by atoms with Crippen LogP contribution in [0.5, 0.6) is 0 Å². The molecule has 3 heteroatoms. The maximum Gasteiger partial charge on any atom is 0.247 e. The Hall–Kier alpha value is -1.12. The van der Waals surface area contributed by atoms with Crippen LogP contribution >= 0.6 is 0 Å². The average molecular weight is 194 g/mol. The van der Waals surface area contributed by atoms with Crippen molar-refractivity contribution in [1.82, 2.24) is 9.78 Å². The second kappa shape index (κ2) is 3.95. The fourth-order valence-corrected chi connectivity index (χ4v) is 1.40. The first-order valence-corrected chi connectivity index (χ1v) is 4.99. The lowest BCUT2D eigenvalue weighted by molar-refractivity contribution is 0.0867. The van der Waals surface area contributed by atoms with Crippen molar-refractivity contribution in [3.05, 3.63) is 17.0 Å². The lowest BCUT2D eigenvalue weighted by Gasteiger charge is -2.05. The lowest BCUT2D eigenvalue weighted by atomic mass is 10.1. The lowest BCUT2D eigenvalue weighted by Crippen LogP contribution is -2.16. The summed E-state index contributed by atoms with van der Waals surface area (Å²) in [7, 11) is 0. The molecule has 0 amide bonds. The van der Waals surface area contributed by atoms with Crippen LogP contribution < -0.4 is 0 Å². The molecule has 0 aliphatic rings. The predicted molar refractivity (Wildman–Crippen MR) is 56.5 cm³/mol. The number of aromatic nitrogens is 2. The topological polar surface area (TPSA) is 34.9 Å². The first kappa shape index (κ1) is 11.0.